The Bertz CT molecular complexity index is 712. The van der Waals surface area contributed by atoms with Crippen LogP contribution in [0.5, 0.6) is 0 Å². The SMILES string of the molecule is CNS(=O)(=O)c1cc2c(cc1Cl)CN(C1CCCCC1)C2=O. The van der Waals surface area contributed by atoms with Crippen molar-refractivity contribution in [3.8, 4) is 0 Å². The number of fused-ring (bicyclic) bond motifs is 1. The lowest BCUT2D eigenvalue weighted by atomic mass is 9.94. The zero-order valence-corrected chi connectivity index (χ0v) is 14.0. The van der Waals surface area contributed by atoms with E-state index in [4.69, 9.17) is 11.6 Å². The summed E-state index contributed by atoms with van der Waals surface area (Å²) in [6, 6.07) is 3.29. The summed E-state index contributed by atoms with van der Waals surface area (Å²) in [7, 11) is -2.34. The molecule has 0 radical (unpaired) electrons. The molecule has 0 bridgehead atoms. The Labute approximate surface area is 135 Å². The van der Waals surface area contributed by atoms with E-state index < -0.39 is 10.0 Å². The van der Waals surface area contributed by atoms with Gasteiger partial charge in [0, 0.05) is 18.2 Å². The van der Waals surface area contributed by atoms with Gasteiger partial charge in [-0.05, 0) is 37.6 Å². The van der Waals surface area contributed by atoms with E-state index in [-0.39, 0.29) is 21.9 Å². The monoisotopic (exact) mass is 342 g/mol. The van der Waals surface area contributed by atoms with E-state index >= 15 is 0 Å². The van der Waals surface area contributed by atoms with Crippen molar-refractivity contribution in [2.45, 2.75) is 49.6 Å². The molecule has 0 unspecified atom stereocenters. The number of nitrogens with zero attached hydrogens (tertiary/aromatic N) is 1. The smallest absolute Gasteiger partial charge is 0.254 e. The van der Waals surface area contributed by atoms with E-state index in [1.165, 1.54) is 19.5 Å². The second-order valence-corrected chi connectivity index (χ2v) is 8.13. The van der Waals surface area contributed by atoms with Crippen LogP contribution in [0.15, 0.2) is 17.0 Å². The van der Waals surface area contributed by atoms with E-state index in [0.29, 0.717) is 12.1 Å². The molecular formula is C15H19ClN2O3S. The largest absolute Gasteiger partial charge is 0.331 e. The molecule has 1 amide bonds. The maximum atomic E-state index is 12.6. The van der Waals surface area contributed by atoms with Crippen LogP contribution in [0.4, 0.5) is 0 Å². The van der Waals surface area contributed by atoms with Crippen LogP contribution in [0.1, 0.15) is 48.0 Å². The van der Waals surface area contributed by atoms with Gasteiger partial charge >= 0.3 is 0 Å². The Balaban J connectivity index is 1.96. The molecule has 1 heterocycles. The second kappa shape index (κ2) is 5.83. The van der Waals surface area contributed by atoms with Gasteiger partial charge in [-0.3, -0.25) is 4.79 Å². The highest BCUT2D eigenvalue weighted by atomic mass is 35.5. The molecule has 3 rings (SSSR count). The van der Waals surface area contributed by atoms with Crippen LogP contribution < -0.4 is 4.72 Å². The van der Waals surface area contributed by atoms with Gasteiger partial charge in [-0.2, -0.15) is 0 Å². The van der Waals surface area contributed by atoms with Crippen LogP contribution in [0.25, 0.3) is 0 Å². The molecule has 120 valence electrons. The highest BCUT2D eigenvalue weighted by molar-refractivity contribution is 7.89. The molecule has 1 saturated carbocycles. The van der Waals surface area contributed by atoms with Gasteiger partial charge in [0.2, 0.25) is 10.0 Å². The molecule has 1 aromatic rings. The van der Waals surface area contributed by atoms with E-state index in [2.05, 4.69) is 4.72 Å². The lowest BCUT2D eigenvalue weighted by Crippen LogP contribution is -2.36. The standard InChI is InChI=1S/C15H19ClN2O3S/c1-17-22(20,21)14-8-12-10(7-13(14)16)9-18(15(12)19)11-5-3-2-4-6-11/h7-8,11,17H,2-6,9H2,1H3. The number of amides is 1. The molecule has 0 atom stereocenters. The summed E-state index contributed by atoms with van der Waals surface area (Å²) >= 11 is 6.10. The average molecular weight is 343 g/mol. The molecule has 1 fully saturated rings. The number of hydrogen-bond acceptors (Lipinski definition) is 3. The maximum Gasteiger partial charge on any atom is 0.254 e. The van der Waals surface area contributed by atoms with Crippen molar-refractivity contribution in [2.75, 3.05) is 7.05 Å². The molecule has 7 heteroatoms. The summed E-state index contributed by atoms with van der Waals surface area (Å²) in [5.74, 6) is -0.0777. The summed E-state index contributed by atoms with van der Waals surface area (Å²) < 4.78 is 26.2. The van der Waals surface area contributed by atoms with Crippen molar-refractivity contribution in [3.05, 3.63) is 28.3 Å². The first kappa shape index (κ1) is 15.8. The Kier molecular flexibility index (Phi) is 4.18. The normalized spacial score (nSPS) is 19.5. The number of rotatable bonds is 3. The topological polar surface area (TPSA) is 66.5 Å². The summed E-state index contributed by atoms with van der Waals surface area (Å²) in [6.45, 7) is 0.526. The minimum absolute atomic E-state index is 0.0331. The highest BCUT2D eigenvalue weighted by Crippen LogP contribution is 2.34. The number of hydrogen-bond donors (Lipinski definition) is 1. The molecule has 0 aromatic heterocycles. The van der Waals surface area contributed by atoms with E-state index in [1.807, 2.05) is 4.90 Å². The quantitative estimate of drug-likeness (QED) is 0.917. The van der Waals surface area contributed by atoms with E-state index in [1.54, 1.807) is 6.07 Å². The van der Waals surface area contributed by atoms with Gasteiger partial charge in [0.25, 0.3) is 5.91 Å². The summed E-state index contributed by atoms with van der Waals surface area (Å²) in [5.41, 5.74) is 1.28. The third kappa shape index (κ3) is 2.64. The fraction of sp³-hybridized carbons (Fsp3) is 0.533. The Hall–Kier alpha value is -1.11. The number of nitrogens with one attached hydrogen (secondary N) is 1. The fourth-order valence-corrected chi connectivity index (χ4v) is 4.64. The van der Waals surface area contributed by atoms with Crippen LogP contribution in [0, 0.1) is 0 Å². The highest BCUT2D eigenvalue weighted by Gasteiger charge is 2.35. The zero-order chi connectivity index (χ0) is 15.9. The van der Waals surface area contributed by atoms with E-state index in [0.717, 1.165) is 31.2 Å². The van der Waals surface area contributed by atoms with Gasteiger partial charge in [-0.25, -0.2) is 13.1 Å². The van der Waals surface area contributed by atoms with Crippen LogP contribution >= 0.6 is 11.6 Å². The third-order valence-electron chi connectivity index (χ3n) is 4.56. The molecule has 22 heavy (non-hydrogen) atoms. The number of halogens is 1. The van der Waals surface area contributed by atoms with Gasteiger partial charge in [0.1, 0.15) is 4.90 Å². The first-order chi connectivity index (χ1) is 10.4. The predicted octanol–water partition coefficient (Wildman–Crippen LogP) is 2.54. The van der Waals surface area contributed by atoms with Crippen LogP contribution in [0.2, 0.25) is 5.02 Å². The van der Waals surface area contributed by atoms with Gasteiger partial charge in [-0.15, -0.1) is 0 Å². The average Bonchev–Trinajstić information content (AvgIpc) is 2.83. The first-order valence-electron chi connectivity index (χ1n) is 7.51. The summed E-state index contributed by atoms with van der Waals surface area (Å²) in [6.07, 6.45) is 5.56. The second-order valence-electron chi connectivity index (χ2n) is 5.87. The van der Waals surface area contributed by atoms with Crippen LogP contribution in [-0.4, -0.2) is 32.3 Å². The lowest BCUT2D eigenvalue weighted by molar-refractivity contribution is 0.0660. The molecule has 5 nitrogen and oxygen atoms in total. The van der Waals surface area contributed by atoms with Crippen molar-refractivity contribution in [1.29, 1.82) is 0 Å². The Morgan fingerprint density at radius 2 is 1.91 bits per heavy atom. The Morgan fingerprint density at radius 1 is 1.23 bits per heavy atom. The summed E-state index contributed by atoms with van der Waals surface area (Å²) in [5, 5.41) is 0.159. The number of benzene rings is 1. The molecule has 1 aliphatic carbocycles. The van der Waals surface area contributed by atoms with Crippen molar-refractivity contribution >= 4 is 27.5 Å². The minimum atomic E-state index is -3.67. The minimum Gasteiger partial charge on any atom is -0.331 e. The van der Waals surface area contributed by atoms with Gasteiger partial charge < -0.3 is 4.90 Å². The predicted molar refractivity (Wildman–Crippen MR) is 84.4 cm³/mol. The van der Waals surface area contributed by atoms with Crippen LogP contribution in [-0.2, 0) is 16.6 Å². The summed E-state index contributed by atoms with van der Waals surface area (Å²) in [4.78, 5) is 14.5. The molecule has 2 aliphatic rings. The molecule has 1 N–H and O–H groups in total. The maximum absolute atomic E-state index is 12.6. The third-order valence-corrected chi connectivity index (χ3v) is 6.44. The Morgan fingerprint density at radius 3 is 2.55 bits per heavy atom. The van der Waals surface area contributed by atoms with Crippen molar-refractivity contribution < 1.29 is 13.2 Å². The van der Waals surface area contributed by atoms with Gasteiger partial charge in [0.15, 0.2) is 0 Å². The van der Waals surface area contributed by atoms with E-state index in [9.17, 15) is 13.2 Å². The fourth-order valence-electron chi connectivity index (χ4n) is 3.34. The van der Waals surface area contributed by atoms with Crippen molar-refractivity contribution in [1.82, 2.24) is 9.62 Å². The molecule has 0 spiro atoms. The van der Waals surface area contributed by atoms with Crippen LogP contribution in [0.3, 0.4) is 0 Å². The number of carbonyl (C=O) groups is 1. The van der Waals surface area contributed by atoms with Gasteiger partial charge in [-0.1, -0.05) is 30.9 Å². The molecule has 1 aromatic carbocycles. The van der Waals surface area contributed by atoms with Crippen molar-refractivity contribution in [3.63, 3.8) is 0 Å². The first-order valence-corrected chi connectivity index (χ1v) is 9.37. The molecule has 1 aliphatic heterocycles. The number of sulfonamides is 1. The number of carbonyl (C=O) groups excluding carboxylic acids is 1. The molecular weight excluding hydrogens is 324 g/mol. The lowest BCUT2D eigenvalue weighted by Gasteiger charge is -2.30. The van der Waals surface area contributed by atoms with Crippen molar-refractivity contribution in [2.24, 2.45) is 0 Å². The van der Waals surface area contributed by atoms with Gasteiger partial charge in [0.05, 0.1) is 5.02 Å². The molecule has 0 saturated heterocycles. The zero-order valence-electron chi connectivity index (χ0n) is 12.4.